The Morgan fingerprint density at radius 3 is 2.52 bits per heavy atom. The lowest BCUT2D eigenvalue weighted by Gasteiger charge is -2.35. The van der Waals surface area contributed by atoms with Crippen molar-refractivity contribution in [1.82, 2.24) is 15.1 Å². The fourth-order valence-corrected chi connectivity index (χ4v) is 4.55. The summed E-state index contributed by atoms with van der Waals surface area (Å²) in [5.41, 5.74) is 1.05. The molecule has 0 bridgehead atoms. The first-order valence-electron chi connectivity index (χ1n) is 8.64. The van der Waals surface area contributed by atoms with Gasteiger partial charge in [0, 0.05) is 32.2 Å². The summed E-state index contributed by atoms with van der Waals surface area (Å²) in [5, 5.41) is 3.03. The standard InChI is InChI=1S/C17H24FN3O3S/c18-15-5-3-14(4-6-15)12-20-7-1-2-16(13-20)19-17(22)21-8-10-25(23,24)11-9-21/h3-6,16H,1-2,7-13H2,(H,19,22). The van der Waals surface area contributed by atoms with Crippen LogP contribution in [-0.2, 0) is 16.4 Å². The molecule has 0 spiro atoms. The molecule has 1 N–H and O–H groups in total. The Morgan fingerprint density at radius 1 is 1.16 bits per heavy atom. The molecule has 0 saturated carbocycles. The summed E-state index contributed by atoms with van der Waals surface area (Å²) >= 11 is 0. The van der Waals surface area contributed by atoms with Crippen molar-refractivity contribution < 1.29 is 17.6 Å². The molecule has 0 radical (unpaired) electrons. The van der Waals surface area contributed by atoms with Crippen LogP contribution in [-0.4, -0.2) is 68.0 Å². The molecule has 1 aromatic rings. The summed E-state index contributed by atoms with van der Waals surface area (Å²) < 4.78 is 35.9. The lowest BCUT2D eigenvalue weighted by Crippen LogP contribution is -2.54. The van der Waals surface area contributed by atoms with Gasteiger partial charge in [-0.2, -0.15) is 0 Å². The number of urea groups is 1. The molecule has 2 fully saturated rings. The van der Waals surface area contributed by atoms with Gasteiger partial charge in [0.1, 0.15) is 5.82 Å². The van der Waals surface area contributed by atoms with Gasteiger partial charge in [-0.1, -0.05) is 12.1 Å². The molecule has 0 aromatic heterocycles. The highest BCUT2D eigenvalue weighted by molar-refractivity contribution is 7.91. The van der Waals surface area contributed by atoms with Crippen molar-refractivity contribution in [3.63, 3.8) is 0 Å². The average molecular weight is 369 g/mol. The van der Waals surface area contributed by atoms with E-state index < -0.39 is 9.84 Å². The van der Waals surface area contributed by atoms with Crippen LogP contribution >= 0.6 is 0 Å². The Hall–Kier alpha value is -1.67. The normalized spacial score (nSPS) is 24.0. The van der Waals surface area contributed by atoms with Gasteiger partial charge in [0.05, 0.1) is 11.5 Å². The van der Waals surface area contributed by atoms with Crippen LogP contribution in [0.5, 0.6) is 0 Å². The maximum Gasteiger partial charge on any atom is 0.317 e. The van der Waals surface area contributed by atoms with E-state index in [0.29, 0.717) is 0 Å². The summed E-state index contributed by atoms with van der Waals surface area (Å²) in [4.78, 5) is 16.2. The third-order valence-electron chi connectivity index (χ3n) is 4.78. The molecule has 8 heteroatoms. The van der Waals surface area contributed by atoms with Crippen LogP contribution in [0.25, 0.3) is 0 Å². The predicted octanol–water partition coefficient (Wildman–Crippen LogP) is 1.23. The van der Waals surface area contributed by atoms with E-state index in [0.717, 1.165) is 38.0 Å². The zero-order chi connectivity index (χ0) is 17.9. The minimum atomic E-state index is -2.99. The quantitative estimate of drug-likeness (QED) is 0.870. The van der Waals surface area contributed by atoms with Crippen molar-refractivity contribution >= 4 is 15.9 Å². The Balaban J connectivity index is 1.49. The molecule has 3 rings (SSSR count). The number of carbonyl (C=O) groups is 1. The molecule has 1 atom stereocenters. The van der Waals surface area contributed by atoms with Crippen LogP contribution in [0.4, 0.5) is 9.18 Å². The highest BCUT2D eigenvalue weighted by Crippen LogP contribution is 2.15. The van der Waals surface area contributed by atoms with Gasteiger partial charge < -0.3 is 10.2 Å². The second-order valence-corrected chi connectivity index (χ2v) is 9.09. The van der Waals surface area contributed by atoms with Crippen LogP contribution in [0.2, 0.25) is 0 Å². The molecular formula is C17H24FN3O3S. The molecule has 138 valence electrons. The number of hydrogen-bond acceptors (Lipinski definition) is 4. The second kappa shape index (κ2) is 7.70. The Labute approximate surface area is 147 Å². The number of benzene rings is 1. The Morgan fingerprint density at radius 2 is 1.84 bits per heavy atom. The topological polar surface area (TPSA) is 69.7 Å². The number of halogens is 1. The van der Waals surface area contributed by atoms with Crippen LogP contribution in [0.1, 0.15) is 18.4 Å². The van der Waals surface area contributed by atoms with Crippen molar-refractivity contribution in [3.8, 4) is 0 Å². The van der Waals surface area contributed by atoms with Crippen molar-refractivity contribution in [2.45, 2.75) is 25.4 Å². The number of nitrogens with zero attached hydrogens (tertiary/aromatic N) is 2. The summed E-state index contributed by atoms with van der Waals surface area (Å²) in [7, 11) is -2.99. The molecular weight excluding hydrogens is 345 g/mol. The molecule has 2 aliphatic rings. The highest BCUT2D eigenvalue weighted by atomic mass is 32.2. The lowest BCUT2D eigenvalue weighted by atomic mass is 10.0. The molecule has 6 nitrogen and oxygen atoms in total. The molecule has 0 aliphatic carbocycles. The third-order valence-corrected chi connectivity index (χ3v) is 6.39. The Bertz CT molecular complexity index is 694. The molecule has 2 aliphatic heterocycles. The van der Waals surface area contributed by atoms with Crippen molar-refractivity contribution in [2.24, 2.45) is 0 Å². The van der Waals surface area contributed by atoms with E-state index in [2.05, 4.69) is 10.2 Å². The fourth-order valence-electron chi connectivity index (χ4n) is 3.35. The van der Waals surface area contributed by atoms with E-state index in [1.807, 2.05) is 0 Å². The Kier molecular flexibility index (Phi) is 5.58. The van der Waals surface area contributed by atoms with Gasteiger partial charge in [0.2, 0.25) is 0 Å². The summed E-state index contributed by atoms with van der Waals surface area (Å²) in [6, 6.07) is 6.37. The molecule has 2 amide bonds. The minimum Gasteiger partial charge on any atom is -0.334 e. The van der Waals surface area contributed by atoms with E-state index in [1.54, 1.807) is 17.0 Å². The minimum absolute atomic E-state index is 0.0434. The van der Waals surface area contributed by atoms with Crippen LogP contribution in [0.15, 0.2) is 24.3 Å². The number of rotatable bonds is 3. The maximum absolute atomic E-state index is 13.0. The van der Waals surface area contributed by atoms with Gasteiger partial charge in [0.25, 0.3) is 0 Å². The van der Waals surface area contributed by atoms with E-state index >= 15 is 0 Å². The lowest BCUT2D eigenvalue weighted by molar-refractivity contribution is 0.165. The van der Waals surface area contributed by atoms with E-state index in [4.69, 9.17) is 0 Å². The van der Waals surface area contributed by atoms with Crippen LogP contribution < -0.4 is 5.32 Å². The van der Waals surface area contributed by atoms with Crippen LogP contribution in [0, 0.1) is 5.82 Å². The second-order valence-electron chi connectivity index (χ2n) is 6.79. The largest absolute Gasteiger partial charge is 0.334 e. The number of likely N-dealkylation sites (tertiary alicyclic amines) is 1. The van der Waals surface area contributed by atoms with E-state index in [9.17, 15) is 17.6 Å². The fraction of sp³-hybridized carbons (Fsp3) is 0.588. The van der Waals surface area contributed by atoms with Gasteiger partial charge in [-0.25, -0.2) is 17.6 Å². The third kappa shape index (κ3) is 5.15. The van der Waals surface area contributed by atoms with Crippen molar-refractivity contribution in [1.29, 1.82) is 0 Å². The molecule has 1 unspecified atom stereocenters. The first-order chi connectivity index (χ1) is 11.9. The van der Waals surface area contributed by atoms with Crippen LogP contribution in [0.3, 0.4) is 0 Å². The molecule has 25 heavy (non-hydrogen) atoms. The van der Waals surface area contributed by atoms with E-state index in [1.165, 1.54) is 12.1 Å². The van der Waals surface area contributed by atoms with Crippen molar-refractivity contribution in [3.05, 3.63) is 35.6 Å². The van der Waals surface area contributed by atoms with Gasteiger partial charge in [-0.15, -0.1) is 0 Å². The molecule has 2 saturated heterocycles. The summed E-state index contributed by atoms with van der Waals surface area (Å²) in [6.45, 7) is 2.95. The molecule has 1 aromatic carbocycles. The number of nitrogens with one attached hydrogen (secondary N) is 1. The van der Waals surface area contributed by atoms with Gasteiger partial charge in [-0.3, -0.25) is 4.90 Å². The number of piperidine rings is 1. The first kappa shape index (κ1) is 18.1. The monoisotopic (exact) mass is 369 g/mol. The zero-order valence-electron chi connectivity index (χ0n) is 14.2. The van der Waals surface area contributed by atoms with Gasteiger partial charge >= 0.3 is 6.03 Å². The molecule has 2 heterocycles. The van der Waals surface area contributed by atoms with Gasteiger partial charge in [-0.05, 0) is 37.1 Å². The number of sulfone groups is 1. The predicted molar refractivity (Wildman–Crippen MR) is 93.5 cm³/mol. The maximum atomic E-state index is 13.0. The summed E-state index contributed by atoms with van der Waals surface area (Å²) in [6.07, 6.45) is 1.90. The first-order valence-corrected chi connectivity index (χ1v) is 10.5. The SMILES string of the molecule is O=C(NC1CCCN(Cc2ccc(F)cc2)C1)N1CCS(=O)(=O)CC1. The number of hydrogen-bond donors (Lipinski definition) is 1. The van der Waals surface area contributed by atoms with E-state index in [-0.39, 0.29) is 42.5 Å². The highest BCUT2D eigenvalue weighted by Gasteiger charge is 2.27. The number of amides is 2. The summed E-state index contributed by atoms with van der Waals surface area (Å²) in [5.74, 6) is -0.153. The zero-order valence-corrected chi connectivity index (χ0v) is 15.0. The number of carbonyl (C=O) groups excluding carboxylic acids is 1. The average Bonchev–Trinajstić information content (AvgIpc) is 2.57. The van der Waals surface area contributed by atoms with Crippen molar-refractivity contribution in [2.75, 3.05) is 37.7 Å². The van der Waals surface area contributed by atoms with Gasteiger partial charge in [0.15, 0.2) is 9.84 Å². The smallest absolute Gasteiger partial charge is 0.317 e.